The highest BCUT2D eigenvalue weighted by molar-refractivity contribution is 5.45. The minimum absolute atomic E-state index is 0.323. The van der Waals surface area contributed by atoms with Crippen LogP contribution >= 0.6 is 0 Å². The molecule has 0 saturated heterocycles. The number of hydrogen-bond acceptors (Lipinski definition) is 6. The Kier molecular flexibility index (Phi) is 3.44. The fourth-order valence-electron chi connectivity index (χ4n) is 3.12. The number of hydrogen-bond donors (Lipinski definition) is 1. The highest BCUT2D eigenvalue weighted by Crippen LogP contribution is 2.20. The molecule has 0 fully saturated rings. The average molecular weight is 312 g/mol. The predicted molar refractivity (Wildman–Crippen MR) is 85.3 cm³/mol. The van der Waals surface area contributed by atoms with Crippen LogP contribution in [0, 0.1) is 0 Å². The lowest BCUT2D eigenvalue weighted by molar-refractivity contribution is 0.464. The largest absolute Gasteiger partial charge is 0.365 e. The molecule has 8 heteroatoms. The summed E-state index contributed by atoms with van der Waals surface area (Å²) < 4.78 is 4.00. The summed E-state index contributed by atoms with van der Waals surface area (Å²) in [5.74, 6) is 3.74. The first-order valence-corrected chi connectivity index (χ1v) is 8.15. The topological polar surface area (TPSA) is 85.8 Å². The van der Waals surface area contributed by atoms with Crippen LogP contribution in [-0.4, -0.2) is 40.4 Å². The Morgan fingerprint density at radius 3 is 3.00 bits per heavy atom. The number of rotatable bonds is 4. The molecule has 0 bridgehead atoms. The fraction of sp³-hybridized carbons (Fsp3) is 0.533. The molecule has 1 N–H and O–H groups in total. The average Bonchev–Trinajstić information content (AvgIpc) is 3.20. The Bertz CT molecular complexity index is 820. The quantitative estimate of drug-likeness (QED) is 0.781. The van der Waals surface area contributed by atoms with E-state index in [-0.39, 0.29) is 0 Å². The van der Waals surface area contributed by atoms with E-state index in [1.54, 1.807) is 10.8 Å². The summed E-state index contributed by atoms with van der Waals surface area (Å²) in [6.45, 7) is 5.09. The number of aryl methyl sites for hydroxylation is 3. The Morgan fingerprint density at radius 1 is 1.26 bits per heavy atom. The van der Waals surface area contributed by atoms with Crippen molar-refractivity contribution in [2.75, 3.05) is 5.32 Å². The van der Waals surface area contributed by atoms with Crippen LogP contribution in [0.4, 0.5) is 5.82 Å². The van der Waals surface area contributed by atoms with Gasteiger partial charge in [-0.3, -0.25) is 0 Å². The van der Waals surface area contributed by atoms with Gasteiger partial charge in [-0.2, -0.15) is 14.6 Å². The van der Waals surface area contributed by atoms with Crippen molar-refractivity contribution >= 4 is 11.6 Å². The number of fused-ring (bicyclic) bond motifs is 2. The molecule has 0 saturated carbocycles. The second-order valence-electron chi connectivity index (χ2n) is 5.83. The van der Waals surface area contributed by atoms with Crippen LogP contribution in [0.3, 0.4) is 0 Å². The van der Waals surface area contributed by atoms with E-state index in [1.165, 1.54) is 0 Å². The Hall–Kier alpha value is -2.51. The lowest BCUT2D eigenvalue weighted by atomic mass is 10.1. The zero-order valence-electron chi connectivity index (χ0n) is 13.4. The van der Waals surface area contributed by atoms with Crippen LogP contribution < -0.4 is 5.32 Å². The van der Waals surface area contributed by atoms with Gasteiger partial charge in [-0.05, 0) is 12.8 Å². The number of nitrogens with zero attached hydrogens (tertiary/aromatic N) is 7. The molecule has 3 aromatic heterocycles. The van der Waals surface area contributed by atoms with Gasteiger partial charge in [0.15, 0.2) is 0 Å². The summed E-state index contributed by atoms with van der Waals surface area (Å²) in [7, 11) is 0. The maximum atomic E-state index is 4.49. The molecule has 0 amide bonds. The summed E-state index contributed by atoms with van der Waals surface area (Å²) in [5.41, 5.74) is 1.02. The second kappa shape index (κ2) is 5.60. The first-order valence-electron chi connectivity index (χ1n) is 8.15. The third kappa shape index (κ3) is 2.43. The van der Waals surface area contributed by atoms with E-state index in [9.17, 15) is 0 Å². The lowest BCUT2D eigenvalue weighted by Crippen LogP contribution is -2.33. The summed E-state index contributed by atoms with van der Waals surface area (Å²) in [6, 6.07) is 2.38. The van der Waals surface area contributed by atoms with Crippen molar-refractivity contribution in [3.63, 3.8) is 0 Å². The van der Waals surface area contributed by atoms with Gasteiger partial charge in [0.1, 0.15) is 23.8 Å². The number of aromatic nitrogens is 7. The summed E-state index contributed by atoms with van der Waals surface area (Å²) >= 11 is 0. The van der Waals surface area contributed by atoms with Gasteiger partial charge in [0.25, 0.3) is 5.78 Å². The van der Waals surface area contributed by atoms with Crippen molar-refractivity contribution in [1.82, 2.24) is 34.3 Å². The Morgan fingerprint density at radius 2 is 2.17 bits per heavy atom. The van der Waals surface area contributed by atoms with E-state index in [0.29, 0.717) is 11.8 Å². The van der Waals surface area contributed by atoms with E-state index in [4.69, 9.17) is 0 Å². The third-order valence-electron chi connectivity index (χ3n) is 4.36. The van der Waals surface area contributed by atoms with E-state index in [0.717, 1.165) is 55.4 Å². The van der Waals surface area contributed by atoms with Crippen molar-refractivity contribution in [3.8, 4) is 0 Å². The van der Waals surface area contributed by atoms with Gasteiger partial charge >= 0.3 is 0 Å². The predicted octanol–water partition coefficient (Wildman–Crippen LogP) is 1.27. The van der Waals surface area contributed by atoms with E-state index >= 15 is 0 Å². The maximum absolute atomic E-state index is 4.49. The molecule has 1 aliphatic heterocycles. The van der Waals surface area contributed by atoms with Crippen molar-refractivity contribution in [3.05, 3.63) is 29.7 Å². The van der Waals surface area contributed by atoms with Crippen LogP contribution in [0.15, 0.2) is 12.4 Å². The lowest BCUT2D eigenvalue weighted by Gasteiger charge is -2.26. The van der Waals surface area contributed by atoms with Gasteiger partial charge in [0, 0.05) is 37.2 Å². The van der Waals surface area contributed by atoms with Crippen LogP contribution in [-0.2, 0) is 25.8 Å². The van der Waals surface area contributed by atoms with E-state index in [1.807, 2.05) is 0 Å². The normalized spacial score (nSPS) is 17.4. The SMILES string of the molecule is CCc1cc(N[C@@H]2CCc3nnc(CC)n3C2)n2ncnc2n1. The highest BCUT2D eigenvalue weighted by Gasteiger charge is 2.23. The fourth-order valence-corrected chi connectivity index (χ4v) is 3.12. The molecule has 1 aliphatic rings. The molecule has 120 valence electrons. The van der Waals surface area contributed by atoms with Crippen LogP contribution in [0.2, 0.25) is 0 Å². The minimum Gasteiger partial charge on any atom is -0.365 e. The number of anilines is 1. The van der Waals surface area contributed by atoms with Gasteiger partial charge in [0.2, 0.25) is 0 Å². The number of nitrogens with one attached hydrogen (secondary N) is 1. The van der Waals surface area contributed by atoms with Gasteiger partial charge in [-0.1, -0.05) is 13.8 Å². The molecule has 23 heavy (non-hydrogen) atoms. The van der Waals surface area contributed by atoms with E-state index in [2.05, 4.69) is 55.1 Å². The molecule has 0 aliphatic carbocycles. The highest BCUT2D eigenvalue weighted by atomic mass is 15.4. The molecular weight excluding hydrogens is 292 g/mol. The first kappa shape index (κ1) is 14.1. The molecular formula is C15H20N8. The van der Waals surface area contributed by atoms with Crippen LogP contribution in [0.5, 0.6) is 0 Å². The van der Waals surface area contributed by atoms with Crippen molar-refractivity contribution < 1.29 is 0 Å². The Labute approximate surface area is 134 Å². The first-order chi connectivity index (χ1) is 11.3. The summed E-state index contributed by atoms with van der Waals surface area (Å²) in [6.07, 6.45) is 5.29. The van der Waals surface area contributed by atoms with Crippen LogP contribution in [0.25, 0.3) is 5.78 Å². The molecule has 3 aromatic rings. The zero-order valence-corrected chi connectivity index (χ0v) is 13.4. The summed E-state index contributed by atoms with van der Waals surface area (Å²) in [4.78, 5) is 8.70. The molecule has 0 radical (unpaired) electrons. The second-order valence-corrected chi connectivity index (χ2v) is 5.83. The molecule has 4 heterocycles. The van der Waals surface area contributed by atoms with Crippen molar-refractivity contribution in [2.45, 2.75) is 52.1 Å². The smallest absolute Gasteiger partial charge is 0.254 e. The van der Waals surface area contributed by atoms with Crippen molar-refractivity contribution in [1.29, 1.82) is 0 Å². The molecule has 4 rings (SSSR count). The maximum Gasteiger partial charge on any atom is 0.254 e. The zero-order chi connectivity index (χ0) is 15.8. The Balaban J connectivity index is 1.63. The van der Waals surface area contributed by atoms with Gasteiger partial charge < -0.3 is 9.88 Å². The minimum atomic E-state index is 0.323. The van der Waals surface area contributed by atoms with E-state index < -0.39 is 0 Å². The van der Waals surface area contributed by atoms with Gasteiger partial charge in [-0.15, -0.1) is 10.2 Å². The van der Waals surface area contributed by atoms with Crippen LogP contribution in [0.1, 0.15) is 37.6 Å². The van der Waals surface area contributed by atoms with Crippen molar-refractivity contribution in [2.24, 2.45) is 0 Å². The van der Waals surface area contributed by atoms with Gasteiger partial charge in [-0.25, -0.2) is 4.98 Å². The third-order valence-corrected chi connectivity index (χ3v) is 4.36. The molecule has 1 atom stereocenters. The van der Waals surface area contributed by atoms with Gasteiger partial charge in [0.05, 0.1) is 0 Å². The standard InChI is InChI=1S/C15H20N8/c1-3-10-7-14(23-15(19-10)16-9-17-23)18-11-5-6-13-21-20-12(4-2)22(13)8-11/h7,9,11,18H,3-6,8H2,1-2H3/t11-/m1/s1. The molecule has 0 spiro atoms. The molecule has 8 nitrogen and oxygen atoms in total. The summed E-state index contributed by atoms with van der Waals surface area (Å²) in [5, 5.41) is 16.4. The molecule has 0 aromatic carbocycles. The monoisotopic (exact) mass is 312 g/mol. The molecule has 0 unspecified atom stereocenters.